The van der Waals surface area contributed by atoms with Crippen molar-refractivity contribution in [2.75, 3.05) is 6.54 Å². The normalized spacial score (nSPS) is 27.5. The van der Waals surface area contributed by atoms with Gasteiger partial charge in [-0.3, -0.25) is 0 Å². The highest BCUT2D eigenvalue weighted by molar-refractivity contribution is 9.10. The standard InChI is InChI=1S/C15H21BrFNO/c1-2-10-18-11-6-8-15(19,9-7-11)12-4-3-5-13(16)14(12)17/h3-5,11,18-19H,2,6-10H2,1H3. The summed E-state index contributed by atoms with van der Waals surface area (Å²) < 4.78 is 14.5. The molecule has 1 aromatic carbocycles. The maximum Gasteiger partial charge on any atom is 0.143 e. The largest absolute Gasteiger partial charge is 0.385 e. The molecule has 0 aromatic heterocycles. The Kier molecular flexibility index (Phi) is 4.98. The number of aliphatic hydroxyl groups is 1. The molecule has 1 fully saturated rings. The third-order valence-corrected chi connectivity index (χ3v) is 4.56. The first-order valence-electron chi connectivity index (χ1n) is 6.97. The number of halogens is 2. The van der Waals surface area contributed by atoms with Gasteiger partial charge in [-0.05, 0) is 60.6 Å². The van der Waals surface area contributed by atoms with Crippen LogP contribution in [0.5, 0.6) is 0 Å². The first-order chi connectivity index (χ1) is 9.07. The van der Waals surface area contributed by atoms with E-state index in [1.54, 1.807) is 18.2 Å². The molecule has 1 aliphatic rings. The molecule has 0 aliphatic heterocycles. The van der Waals surface area contributed by atoms with Gasteiger partial charge in [0.1, 0.15) is 5.82 Å². The monoisotopic (exact) mass is 329 g/mol. The smallest absolute Gasteiger partial charge is 0.143 e. The minimum absolute atomic E-state index is 0.329. The van der Waals surface area contributed by atoms with Gasteiger partial charge in [0.15, 0.2) is 0 Å². The van der Waals surface area contributed by atoms with Gasteiger partial charge in [0, 0.05) is 11.6 Å². The summed E-state index contributed by atoms with van der Waals surface area (Å²) in [7, 11) is 0. The molecule has 1 saturated carbocycles. The summed E-state index contributed by atoms with van der Waals surface area (Å²) >= 11 is 3.18. The van der Waals surface area contributed by atoms with Crippen LogP contribution in [0.15, 0.2) is 22.7 Å². The molecule has 2 N–H and O–H groups in total. The molecule has 0 amide bonds. The lowest BCUT2D eigenvalue weighted by molar-refractivity contribution is -0.0113. The first kappa shape index (κ1) is 14.9. The lowest BCUT2D eigenvalue weighted by Crippen LogP contribution is -2.40. The van der Waals surface area contributed by atoms with Gasteiger partial charge in [0.05, 0.1) is 10.1 Å². The molecule has 19 heavy (non-hydrogen) atoms. The molecule has 0 saturated heterocycles. The van der Waals surface area contributed by atoms with E-state index in [9.17, 15) is 9.50 Å². The summed E-state index contributed by atoms with van der Waals surface area (Å²) in [5.41, 5.74) is -0.589. The van der Waals surface area contributed by atoms with E-state index in [4.69, 9.17) is 0 Å². The summed E-state index contributed by atoms with van der Waals surface area (Å²) in [5, 5.41) is 14.2. The molecule has 0 radical (unpaired) electrons. The Hall–Kier alpha value is -0.450. The molecule has 1 aromatic rings. The second kappa shape index (κ2) is 6.33. The Balaban J connectivity index is 2.07. The zero-order valence-corrected chi connectivity index (χ0v) is 12.8. The van der Waals surface area contributed by atoms with Crippen molar-refractivity contribution >= 4 is 15.9 Å². The van der Waals surface area contributed by atoms with Crippen molar-refractivity contribution in [1.82, 2.24) is 5.32 Å². The van der Waals surface area contributed by atoms with Gasteiger partial charge in [-0.2, -0.15) is 0 Å². The second-order valence-electron chi connectivity index (χ2n) is 5.36. The molecule has 1 aliphatic carbocycles. The molecule has 0 unspecified atom stereocenters. The van der Waals surface area contributed by atoms with Gasteiger partial charge in [-0.1, -0.05) is 19.1 Å². The summed E-state index contributed by atoms with van der Waals surface area (Å²) in [6, 6.07) is 5.59. The van der Waals surface area contributed by atoms with E-state index in [2.05, 4.69) is 28.2 Å². The number of benzene rings is 1. The zero-order valence-electron chi connectivity index (χ0n) is 11.3. The van der Waals surface area contributed by atoms with Crippen LogP contribution in [-0.4, -0.2) is 17.7 Å². The highest BCUT2D eigenvalue weighted by Crippen LogP contribution is 2.39. The van der Waals surface area contributed by atoms with Crippen molar-refractivity contribution in [3.63, 3.8) is 0 Å². The number of hydrogen-bond acceptors (Lipinski definition) is 2. The molecule has 0 spiro atoms. The van der Waals surface area contributed by atoms with Crippen LogP contribution in [0.1, 0.15) is 44.6 Å². The molecular formula is C15H21BrFNO. The average Bonchev–Trinajstić information content (AvgIpc) is 2.41. The van der Waals surface area contributed by atoms with Gasteiger partial charge in [-0.25, -0.2) is 4.39 Å². The zero-order chi connectivity index (χ0) is 13.9. The quantitative estimate of drug-likeness (QED) is 0.882. The van der Waals surface area contributed by atoms with Crippen molar-refractivity contribution in [1.29, 1.82) is 0 Å². The lowest BCUT2D eigenvalue weighted by Gasteiger charge is -2.37. The molecule has 106 valence electrons. The maximum absolute atomic E-state index is 14.1. The van der Waals surface area contributed by atoms with Crippen molar-refractivity contribution < 1.29 is 9.50 Å². The maximum atomic E-state index is 14.1. The van der Waals surface area contributed by atoms with Crippen LogP contribution in [0.25, 0.3) is 0 Å². The summed E-state index contributed by atoms with van der Waals surface area (Å²) in [4.78, 5) is 0. The van der Waals surface area contributed by atoms with Crippen molar-refractivity contribution in [3.05, 3.63) is 34.1 Å². The summed E-state index contributed by atoms with van der Waals surface area (Å²) in [5.74, 6) is -0.329. The molecule has 4 heteroatoms. The summed E-state index contributed by atoms with van der Waals surface area (Å²) in [6.45, 7) is 3.15. The number of hydrogen-bond donors (Lipinski definition) is 2. The van der Waals surface area contributed by atoms with E-state index < -0.39 is 5.60 Å². The fourth-order valence-corrected chi connectivity index (χ4v) is 3.15. The van der Waals surface area contributed by atoms with Gasteiger partial charge >= 0.3 is 0 Å². The van der Waals surface area contributed by atoms with Gasteiger partial charge in [0.2, 0.25) is 0 Å². The Morgan fingerprint density at radius 1 is 1.42 bits per heavy atom. The van der Waals surface area contributed by atoms with Crippen molar-refractivity contribution in [2.24, 2.45) is 0 Å². The van der Waals surface area contributed by atoms with Gasteiger partial charge in [0.25, 0.3) is 0 Å². The fourth-order valence-electron chi connectivity index (χ4n) is 2.78. The second-order valence-corrected chi connectivity index (χ2v) is 6.22. The third kappa shape index (κ3) is 3.36. The molecule has 0 bridgehead atoms. The van der Waals surface area contributed by atoms with E-state index >= 15 is 0 Å². The fraction of sp³-hybridized carbons (Fsp3) is 0.600. The lowest BCUT2D eigenvalue weighted by atomic mass is 9.77. The molecule has 0 atom stereocenters. The van der Waals surface area contributed by atoms with Gasteiger partial charge < -0.3 is 10.4 Å². The van der Waals surface area contributed by atoms with E-state index in [1.165, 1.54) is 0 Å². The highest BCUT2D eigenvalue weighted by atomic mass is 79.9. The van der Waals surface area contributed by atoms with Crippen LogP contribution >= 0.6 is 15.9 Å². The highest BCUT2D eigenvalue weighted by Gasteiger charge is 2.36. The molecule has 0 heterocycles. The van der Waals surface area contributed by atoms with Gasteiger partial charge in [-0.15, -0.1) is 0 Å². The van der Waals surface area contributed by atoms with Crippen molar-refractivity contribution in [3.8, 4) is 0 Å². The van der Waals surface area contributed by atoms with E-state index in [0.29, 0.717) is 28.9 Å². The Morgan fingerprint density at radius 2 is 2.11 bits per heavy atom. The minimum Gasteiger partial charge on any atom is -0.385 e. The van der Waals surface area contributed by atoms with Crippen LogP contribution in [0.4, 0.5) is 4.39 Å². The molecular weight excluding hydrogens is 309 g/mol. The Morgan fingerprint density at radius 3 is 2.74 bits per heavy atom. The minimum atomic E-state index is -1.02. The molecule has 2 nitrogen and oxygen atoms in total. The summed E-state index contributed by atoms with van der Waals surface area (Å²) in [6.07, 6.45) is 4.12. The SMILES string of the molecule is CCCNC1CCC(O)(c2cccc(Br)c2F)CC1. The third-order valence-electron chi connectivity index (χ3n) is 3.95. The van der Waals surface area contributed by atoms with Crippen LogP contribution in [0.3, 0.4) is 0 Å². The average molecular weight is 330 g/mol. The number of rotatable bonds is 4. The van der Waals surface area contributed by atoms with E-state index in [0.717, 1.165) is 25.8 Å². The van der Waals surface area contributed by atoms with Crippen LogP contribution < -0.4 is 5.32 Å². The van der Waals surface area contributed by atoms with Crippen LogP contribution in [0, 0.1) is 5.82 Å². The van der Waals surface area contributed by atoms with E-state index in [1.807, 2.05) is 0 Å². The topological polar surface area (TPSA) is 32.3 Å². The predicted molar refractivity (Wildman–Crippen MR) is 78.5 cm³/mol. The molecule has 2 rings (SSSR count). The van der Waals surface area contributed by atoms with Crippen LogP contribution in [0.2, 0.25) is 0 Å². The Labute approximate surface area is 122 Å². The predicted octanol–water partition coefficient (Wildman–Crippen LogP) is 3.72. The van der Waals surface area contributed by atoms with E-state index in [-0.39, 0.29) is 5.82 Å². The number of nitrogens with one attached hydrogen (secondary N) is 1. The van der Waals surface area contributed by atoms with Crippen LogP contribution in [-0.2, 0) is 5.60 Å². The van der Waals surface area contributed by atoms with Crippen molar-refractivity contribution in [2.45, 2.75) is 50.7 Å². The first-order valence-corrected chi connectivity index (χ1v) is 7.76. The Bertz CT molecular complexity index is 430.